The highest BCUT2D eigenvalue weighted by atomic mass is 35.7. The minimum atomic E-state index is -3.41. The van der Waals surface area contributed by atoms with Gasteiger partial charge in [-0.05, 0) is 25.0 Å². The molecule has 0 bridgehead atoms. The molecule has 0 radical (unpaired) electrons. The first-order valence-electron chi connectivity index (χ1n) is 5.17. The van der Waals surface area contributed by atoms with Crippen molar-refractivity contribution in [3.8, 4) is 0 Å². The normalized spacial score (nSPS) is 18.7. The van der Waals surface area contributed by atoms with E-state index in [0.29, 0.717) is 25.9 Å². The molecule has 0 saturated carbocycles. The van der Waals surface area contributed by atoms with E-state index < -0.39 is 14.3 Å². The molecule has 0 unspecified atom stereocenters. The summed E-state index contributed by atoms with van der Waals surface area (Å²) < 4.78 is 22.3. The summed E-state index contributed by atoms with van der Waals surface area (Å²) in [5.41, 5.74) is 0. The molecule has 16 heavy (non-hydrogen) atoms. The Bertz CT molecular complexity index is 441. The summed E-state index contributed by atoms with van der Waals surface area (Å²) >= 11 is 0. The number of aromatic nitrogens is 1. The monoisotopic (exact) mass is 260 g/mol. The maximum absolute atomic E-state index is 11.2. The van der Waals surface area contributed by atoms with Gasteiger partial charge in [-0.2, -0.15) is 0 Å². The average Bonchev–Trinajstić information content (AvgIpc) is 2.29. The minimum absolute atomic E-state index is 0.408. The van der Waals surface area contributed by atoms with Crippen LogP contribution in [-0.4, -0.2) is 31.7 Å². The Hall–Kier alpha value is -0.810. The molecule has 0 atom stereocenters. The van der Waals surface area contributed by atoms with Gasteiger partial charge in [0, 0.05) is 30.0 Å². The first-order valence-corrected chi connectivity index (χ1v) is 7.54. The molecule has 0 N–H and O–H groups in total. The van der Waals surface area contributed by atoms with Crippen LogP contribution < -0.4 is 4.90 Å². The highest BCUT2D eigenvalue weighted by Gasteiger charge is 2.28. The largest absolute Gasteiger partial charge is 0.357 e. The highest BCUT2D eigenvalue weighted by molar-refractivity contribution is 8.14. The minimum Gasteiger partial charge on any atom is -0.357 e. The quantitative estimate of drug-likeness (QED) is 0.759. The van der Waals surface area contributed by atoms with Crippen LogP contribution in [0, 0.1) is 0 Å². The van der Waals surface area contributed by atoms with Crippen molar-refractivity contribution in [3.63, 3.8) is 0 Å². The van der Waals surface area contributed by atoms with Crippen molar-refractivity contribution in [2.45, 2.75) is 18.1 Å². The molecule has 1 saturated heterocycles. The van der Waals surface area contributed by atoms with Crippen LogP contribution in [-0.2, 0) is 9.05 Å². The Morgan fingerprint density at radius 1 is 1.31 bits per heavy atom. The molecule has 1 fully saturated rings. The third-order valence-electron chi connectivity index (χ3n) is 2.81. The van der Waals surface area contributed by atoms with E-state index in [4.69, 9.17) is 10.7 Å². The van der Waals surface area contributed by atoms with E-state index in [2.05, 4.69) is 9.88 Å². The van der Waals surface area contributed by atoms with Crippen molar-refractivity contribution in [3.05, 3.63) is 24.4 Å². The number of anilines is 1. The number of hydrogen-bond donors (Lipinski definition) is 0. The van der Waals surface area contributed by atoms with Crippen LogP contribution in [0.3, 0.4) is 0 Å². The lowest BCUT2D eigenvalue weighted by molar-refractivity contribution is 0.538. The number of nitrogens with zero attached hydrogens (tertiary/aromatic N) is 2. The second-order valence-electron chi connectivity index (χ2n) is 3.85. The van der Waals surface area contributed by atoms with E-state index in [-0.39, 0.29) is 0 Å². The summed E-state index contributed by atoms with van der Waals surface area (Å²) in [4.78, 5) is 6.32. The van der Waals surface area contributed by atoms with Crippen molar-refractivity contribution in [1.82, 2.24) is 4.98 Å². The number of piperidine rings is 1. The van der Waals surface area contributed by atoms with Crippen LogP contribution in [0.1, 0.15) is 12.8 Å². The predicted molar refractivity (Wildman–Crippen MR) is 64.2 cm³/mol. The van der Waals surface area contributed by atoms with Gasteiger partial charge in [-0.15, -0.1) is 0 Å². The van der Waals surface area contributed by atoms with E-state index in [1.165, 1.54) is 0 Å². The second-order valence-corrected chi connectivity index (χ2v) is 6.76. The molecule has 2 heterocycles. The lowest BCUT2D eigenvalue weighted by Gasteiger charge is -2.31. The second kappa shape index (κ2) is 4.59. The zero-order chi connectivity index (χ0) is 11.6. The van der Waals surface area contributed by atoms with Crippen molar-refractivity contribution in [2.24, 2.45) is 0 Å². The van der Waals surface area contributed by atoms with Gasteiger partial charge in [0.05, 0.1) is 5.25 Å². The summed E-state index contributed by atoms with van der Waals surface area (Å²) in [6.07, 6.45) is 2.88. The van der Waals surface area contributed by atoms with Gasteiger partial charge in [-0.3, -0.25) is 0 Å². The summed E-state index contributed by atoms with van der Waals surface area (Å²) in [6.45, 7) is 1.38. The standard InChI is InChI=1S/C10H13ClN2O2S/c11-16(14,15)9-4-7-13(8-5-9)10-3-1-2-6-12-10/h1-3,6,9H,4-5,7-8H2. The molecule has 1 aromatic heterocycles. The molecule has 1 aromatic rings. The molecular weight excluding hydrogens is 248 g/mol. The van der Waals surface area contributed by atoms with Gasteiger partial charge in [0.2, 0.25) is 9.05 Å². The molecular formula is C10H13ClN2O2S. The van der Waals surface area contributed by atoms with Gasteiger partial charge >= 0.3 is 0 Å². The third-order valence-corrected chi connectivity index (χ3v) is 4.84. The van der Waals surface area contributed by atoms with E-state index >= 15 is 0 Å². The number of rotatable bonds is 2. The molecule has 0 amide bonds. The molecule has 1 aliphatic heterocycles. The Labute approximate surface area is 99.7 Å². The number of halogens is 1. The van der Waals surface area contributed by atoms with Crippen LogP contribution in [0.5, 0.6) is 0 Å². The lowest BCUT2D eigenvalue weighted by Crippen LogP contribution is -2.38. The van der Waals surface area contributed by atoms with Gasteiger partial charge in [-0.25, -0.2) is 13.4 Å². The van der Waals surface area contributed by atoms with E-state index in [1.54, 1.807) is 6.20 Å². The topological polar surface area (TPSA) is 50.3 Å². The lowest BCUT2D eigenvalue weighted by atomic mass is 10.1. The zero-order valence-corrected chi connectivity index (χ0v) is 10.3. The van der Waals surface area contributed by atoms with Crippen LogP contribution in [0.25, 0.3) is 0 Å². The fourth-order valence-corrected chi connectivity index (χ4v) is 3.22. The van der Waals surface area contributed by atoms with Crippen molar-refractivity contribution >= 4 is 25.6 Å². The van der Waals surface area contributed by atoms with Crippen LogP contribution in [0.4, 0.5) is 5.82 Å². The first-order chi connectivity index (χ1) is 7.57. The summed E-state index contributed by atoms with van der Waals surface area (Å²) in [6, 6.07) is 5.71. The average molecular weight is 261 g/mol. The smallest absolute Gasteiger partial charge is 0.235 e. The van der Waals surface area contributed by atoms with Gasteiger partial charge in [0.25, 0.3) is 0 Å². The molecule has 0 aromatic carbocycles. The third kappa shape index (κ3) is 2.65. The van der Waals surface area contributed by atoms with Crippen molar-refractivity contribution in [1.29, 1.82) is 0 Å². The van der Waals surface area contributed by atoms with Gasteiger partial charge in [0.1, 0.15) is 5.82 Å². The molecule has 0 spiro atoms. The predicted octanol–water partition coefficient (Wildman–Crippen LogP) is 1.62. The maximum Gasteiger partial charge on any atom is 0.235 e. The van der Waals surface area contributed by atoms with Gasteiger partial charge in [0.15, 0.2) is 0 Å². The van der Waals surface area contributed by atoms with E-state index in [0.717, 1.165) is 5.82 Å². The molecule has 0 aliphatic carbocycles. The van der Waals surface area contributed by atoms with Crippen molar-refractivity contribution in [2.75, 3.05) is 18.0 Å². The Kier molecular flexibility index (Phi) is 3.35. The van der Waals surface area contributed by atoms with Crippen LogP contribution in [0.2, 0.25) is 0 Å². The summed E-state index contributed by atoms with van der Waals surface area (Å²) in [7, 11) is 1.94. The maximum atomic E-state index is 11.2. The van der Waals surface area contributed by atoms with Gasteiger partial charge < -0.3 is 4.90 Å². The van der Waals surface area contributed by atoms with E-state index in [1.807, 2.05) is 18.2 Å². The fourth-order valence-electron chi connectivity index (χ4n) is 1.91. The summed E-state index contributed by atoms with van der Waals surface area (Å²) in [5, 5.41) is -0.408. The summed E-state index contributed by atoms with van der Waals surface area (Å²) in [5.74, 6) is 0.896. The van der Waals surface area contributed by atoms with Gasteiger partial charge in [-0.1, -0.05) is 6.07 Å². The molecule has 4 nitrogen and oxygen atoms in total. The number of pyridine rings is 1. The number of hydrogen-bond acceptors (Lipinski definition) is 4. The van der Waals surface area contributed by atoms with E-state index in [9.17, 15) is 8.42 Å². The van der Waals surface area contributed by atoms with Crippen LogP contribution >= 0.6 is 10.7 Å². The molecule has 88 valence electrons. The Balaban J connectivity index is 2.01. The fraction of sp³-hybridized carbons (Fsp3) is 0.500. The Morgan fingerprint density at radius 3 is 2.50 bits per heavy atom. The molecule has 6 heteroatoms. The zero-order valence-electron chi connectivity index (χ0n) is 8.71. The molecule has 2 rings (SSSR count). The van der Waals surface area contributed by atoms with Crippen molar-refractivity contribution < 1.29 is 8.42 Å². The Morgan fingerprint density at radius 2 is 2.00 bits per heavy atom. The SMILES string of the molecule is O=S(=O)(Cl)C1CCN(c2ccccn2)CC1. The highest BCUT2D eigenvalue weighted by Crippen LogP contribution is 2.23. The molecule has 1 aliphatic rings. The first kappa shape index (κ1) is 11.7. The van der Waals surface area contributed by atoms with Crippen LogP contribution in [0.15, 0.2) is 24.4 Å².